The molecule has 2 aromatic rings. The first kappa shape index (κ1) is 15.3. The number of ether oxygens (including phenoxy) is 1. The van der Waals surface area contributed by atoms with Crippen LogP contribution in [0.4, 0.5) is 5.82 Å². The Hall–Kier alpha value is -2.07. The number of rotatable bonds is 8. The van der Waals surface area contributed by atoms with Gasteiger partial charge in [0.2, 0.25) is 0 Å². The van der Waals surface area contributed by atoms with Crippen LogP contribution < -0.4 is 10.1 Å². The predicted octanol–water partition coefficient (Wildman–Crippen LogP) is 3.02. The number of aliphatic hydroxyl groups excluding tert-OH is 1. The molecule has 112 valence electrons. The van der Waals surface area contributed by atoms with Crippen LogP contribution in [-0.4, -0.2) is 23.2 Å². The number of nitrogens with one attached hydrogen (secondary N) is 1. The predicted molar refractivity (Wildman–Crippen MR) is 84.6 cm³/mol. The SMILES string of the molecule is CCCNc1ncccc1COc1ccccc1CCO. The number of aromatic nitrogens is 1. The molecular weight excluding hydrogens is 264 g/mol. The van der Waals surface area contributed by atoms with E-state index in [2.05, 4.69) is 17.2 Å². The lowest BCUT2D eigenvalue weighted by Gasteiger charge is -2.13. The van der Waals surface area contributed by atoms with Crippen LogP contribution in [0, 0.1) is 0 Å². The molecule has 2 N–H and O–H groups in total. The van der Waals surface area contributed by atoms with Gasteiger partial charge in [0.05, 0.1) is 0 Å². The molecule has 0 aliphatic carbocycles. The minimum Gasteiger partial charge on any atom is -0.488 e. The number of aliphatic hydroxyl groups is 1. The molecule has 1 heterocycles. The fraction of sp³-hybridized carbons (Fsp3) is 0.353. The Morgan fingerprint density at radius 3 is 2.76 bits per heavy atom. The highest BCUT2D eigenvalue weighted by atomic mass is 16.5. The second-order valence-corrected chi connectivity index (χ2v) is 4.81. The Bertz CT molecular complexity index is 558. The first-order valence-electron chi connectivity index (χ1n) is 7.34. The van der Waals surface area contributed by atoms with E-state index in [0.717, 1.165) is 35.7 Å². The number of hydrogen-bond acceptors (Lipinski definition) is 4. The monoisotopic (exact) mass is 286 g/mol. The molecule has 0 fully saturated rings. The van der Waals surface area contributed by atoms with Crippen LogP contribution in [0.5, 0.6) is 5.75 Å². The maximum Gasteiger partial charge on any atom is 0.132 e. The minimum absolute atomic E-state index is 0.122. The van der Waals surface area contributed by atoms with Gasteiger partial charge in [0, 0.05) is 24.9 Å². The number of hydrogen-bond donors (Lipinski definition) is 2. The van der Waals surface area contributed by atoms with Crippen molar-refractivity contribution in [2.45, 2.75) is 26.4 Å². The van der Waals surface area contributed by atoms with Crippen molar-refractivity contribution in [3.05, 3.63) is 53.7 Å². The van der Waals surface area contributed by atoms with E-state index in [4.69, 9.17) is 9.84 Å². The largest absolute Gasteiger partial charge is 0.488 e. The second kappa shape index (κ2) is 8.27. The van der Waals surface area contributed by atoms with Gasteiger partial charge in [-0.3, -0.25) is 0 Å². The van der Waals surface area contributed by atoms with Crippen molar-refractivity contribution in [3.8, 4) is 5.75 Å². The average Bonchev–Trinajstić information content (AvgIpc) is 2.53. The van der Waals surface area contributed by atoms with Gasteiger partial charge >= 0.3 is 0 Å². The Morgan fingerprint density at radius 2 is 1.95 bits per heavy atom. The highest BCUT2D eigenvalue weighted by molar-refractivity contribution is 5.43. The van der Waals surface area contributed by atoms with Gasteiger partial charge in [-0.2, -0.15) is 0 Å². The van der Waals surface area contributed by atoms with E-state index in [9.17, 15) is 0 Å². The topological polar surface area (TPSA) is 54.4 Å². The third-order valence-corrected chi connectivity index (χ3v) is 3.17. The Kier molecular flexibility index (Phi) is 6.03. The summed E-state index contributed by atoms with van der Waals surface area (Å²) in [6, 6.07) is 11.7. The van der Waals surface area contributed by atoms with Crippen molar-refractivity contribution >= 4 is 5.82 Å². The van der Waals surface area contributed by atoms with Crippen LogP contribution in [0.15, 0.2) is 42.6 Å². The van der Waals surface area contributed by atoms with Crippen molar-refractivity contribution in [2.75, 3.05) is 18.5 Å². The fourth-order valence-electron chi connectivity index (χ4n) is 2.08. The Labute approximate surface area is 125 Å². The summed E-state index contributed by atoms with van der Waals surface area (Å²) in [4.78, 5) is 4.36. The molecule has 21 heavy (non-hydrogen) atoms. The normalized spacial score (nSPS) is 10.4. The summed E-state index contributed by atoms with van der Waals surface area (Å²) in [5, 5.41) is 12.4. The molecule has 4 nitrogen and oxygen atoms in total. The smallest absolute Gasteiger partial charge is 0.132 e. The van der Waals surface area contributed by atoms with Crippen LogP contribution in [0.3, 0.4) is 0 Å². The van der Waals surface area contributed by atoms with E-state index in [1.165, 1.54) is 0 Å². The average molecular weight is 286 g/mol. The van der Waals surface area contributed by atoms with Gasteiger partial charge in [-0.15, -0.1) is 0 Å². The zero-order chi connectivity index (χ0) is 14.9. The highest BCUT2D eigenvalue weighted by Crippen LogP contribution is 2.21. The third-order valence-electron chi connectivity index (χ3n) is 3.17. The second-order valence-electron chi connectivity index (χ2n) is 4.81. The highest BCUT2D eigenvalue weighted by Gasteiger charge is 2.06. The molecule has 1 aromatic carbocycles. The number of nitrogens with zero attached hydrogens (tertiary/aromatic N) is 1. The lowest BCUT2D eigenvalue weighted by atomic mass is 10.1. The Morgan fingerprint density at radius 1 is 1.14 bits per heavy atom. The molecule has 4 heteroatoms. The van der Waals surface area contributed by atoms with Crippen molar-refractivity contribution in [1.29, 1.82) is 0 Å². The zero-order valence-electron chi connectivity index (χ0n) is 12.4. The minimum atomic E-state index is 0.122. The molecule has 1 aromatic heterocycles. The van der Waals surface area contributed by atoms with Crippen LogP contribution in [0.2, 0.25) is 0 Å². The van der Waals surface area contributed by atoms with Gasteiger partial charge in [-0.25, -0.2) is 4.98 Å². The zero-order valence-corrected chi connectivity index (χ0v) is 12.4. The molecule has 0 aliphatic heterocycles. The number of para-hydroxylation sites is 1. The van der Waals surface area contributed by atoms with Crippen molar-refractivity contribution in [3.63, 3.8) is 0 Å². The van der Waals surface area contributed by atoms with Crippen LogP contribution >= 0.6 is 0 Å². The van der Waals surface area contributed by atoms with Gasteiger partial charge < -0.3 is 15.2 Å². The number of pyridine rings is 1. The summed E-state index contributed by atoms with van der Waals surface area (Å²) in [6.07, 6.45) is 3.43. The summed E-state index contributed by atoms with van der Waals surface area (Å²) in [5.41, 5.74) is 2.05. The van der Waals surface area contributed by atoms with E-state index < -0.39 is 0 Å². The van der Waals surface area contributed by atoms with Crippen molar-refractivity contribution in [2.24, 2.45) is 0 Å². The summed E-state index contributed by atoms with van der Waals surface area (Å²) in [5.74, 6) is 1.69. The lowest BCUT2D eigenvalue weighted by molar-refractivity contribution is 0.284. The van der Waals surface area contributed by atoms with Gasteiger partial charge in [0.1, 0.15) is 18.2 Å². The standard InChI is InChI=1S/C17H22N2O2/c1-2-10-18-17-15(7-5-11-19-17)13-21-16-8-4-3-6-14(16)9-12-20/h3-8,11,20H,2,9-10,12-13H2,1H3,(H,18,19). The van der Waals surface area contributed by atoms with Gasteiger partial charge in [-0.05, 0) is 30.5 Å². The van der Waals surface area contributed by atoms with E-state index >= 15 is 0 Å². The maximum absolute atomic E-state index is 9.10. The van der Waals surface area contributed by atoms with Crippen LogP contribution in [-0.2, 0) is 13.0 Å². The summed E-state index contributed by atoms with van der Waals surface area (Å²) in [6.45, 7) is 3.60. The van der Waals surface area contributed by atoms with E-state index in [0.29, 0.717) is 13.0 Å². The molecule has 0 radical (unpaired) electrons. The molecule has 0 amide bonds. The fourth-order valence-corrected chi connectivity index (χ4v) is 2.08. The summed E-state index contributed by atoms with van der Waals surface area (Å²) < 4.78 is 5.91. The van der Waals surface area contributed by atoms with E-state index in [1.54, 1.807) is 6.20 Å². The summed E-state index contributed by atoms with van der Waals surface area (Å²) in [7, 11) is 0. The molecule has 0 spiro atoms. The van der Waals surface area contributed by atoms with Crippen molar-refractivity contribution < 1.29 is 9.84 Å². The van der Waals surface area contributed by atoms with Gasteiger partial charge in [0.15, 0.2) is 0 Å². The lowest BCUT2D eigenvalue weighted by Crippen LogP contribution is -2.07. The molecule has 0 aliphatic rings. The van der Waals surface area contributed by atoms with E-state index in [-0.39, 0.29) is 6.61 Å². The quantitative estimate of drug-likeness (QED) is 0.783. The Balaban J connectivity index is 2.06. The molecule has 0 unspecified atom stereocenters. The van der Waals surface area contributed by atoms with E-state index in [1.807, 2.05) is 36.4 Å². The van der Waals surface area contributed by atoms with Gasteiger partial charge in [0.25, 0.3) is 0 Å². The molecule has 2 rings (SSSR count). The number of benzene rings is 1. The van der Waals surface area contributed by atoms with Crippen LogP contribution in [0.1, 0.15) is 24.5 Å². The van der Waals surface area contributed by atoms with Crippen molar-refractivity contribution in [1.82, 2.24) is 4.98 Å². The first-order chi connectivity index (χ1) is 10.3. The van der Waals surface area contributed by atoms with Crippen LogP contribution in [0.25, 0.3) is 0 Å². The molecule has 0 atom stereocenters. The molecule has 0 saturated heterocycles. The molecule has 0 saturated carbocycles. The molecule has 0 bridgehead atoms. The first-order valence-corrected chi connectivity index (χ1v) is 7.34. The van der Waals surface area contributed by atoms with Gasteiger partial charge in [-0.1, -0.05) is 31.2 Å². The third kappa shape index (κ3) is 4.46. The summed E-state index contributed by atoms with van der Waals surface area (Å²) >= 11 is 0. The molecular formula is C17H22N2O2. The maximum atomic E-state index is 9.10. The number of anilines is 1.